The maximum atomic E-state index is 9.65. The Morgan fingerprint density at radius 3 is 2.50 bits per heavy atom. The molecule has 3 heteroatoms. The van der Waals surface area contributed by atoms with Gasteiger partial charge in [0.25, 0.3) is 0 Å². The molecule has 16 heavy (non-hydrogen) atoms. The molecule has 3 rings (SSSR count). The molecule has 0 unspecified atom stereocenters. The number of phenolic OH excluding ortho intramolecular Hbond substituents is 2. The first kappa shape index (κ1) is 9.97. The molecular weight excluding hydrogens is 202 g/mol. The normalized spacial score (nSPS) is 22.2. The molecule has 1 spiro atoms. The summed E-state index contributed by atoms with van der Waals surface area (Å²) < 4.78 is 0. The average Bonchev–Trinajstić information content (AvgIpc) is 2.71. The summed E-state index contributed by atoms with van der Waals surface area (Å²) in [4.78, 5) is 0. The van der Waals surface area contributed by atoms with Crippen LogP contribution in [-0.2, 0) is 12.0 Å². The van der Waals surface area contributed by atoms with Gasteiger partial charge in [0.1, 0.15) is 0 Å². The lowest BCUT2D eigenvalue weighted by molar-refractivity contribution is 0.364. The minimum Gasteiger partial charge on any atom is -0.504 e. The Morgan fingerprint density at radius 1 is 1.06 bits per heavy atom. The molecule has 1 fully saturated rings. The van der Waals surface area contributed by atoms with Crippen LogP contribution in [0.25, 0.3) is 0 Å². The van der Waals surface area contributed by atoms with Crippen LogP contribution < -0.4 is 5.32 Å². The Labute approximate surface area is 95.1 Å². The standard InChI is InChI=1S/C13H17NO2/c15-11-5-9-7-14-8-13(3-1-2-4-13)10(9)6-12(11)16/h5-6,14-16H,1-4,7-8H2. The smallest absolute Gasteiger partial charge is 0.157 e. The summed E-state index contributed by atoms with van der Waals surface area (Å²) in [5.74, 6) is 0.0162. The van der Waals surface area contributed by atoms with Crippen molar-refractivity contribution in [2.45, 2.75) is 37.6 Å². The van der Waals surface area contributed by atoms with Crippen molar-refractivity contribution in [2.24, 2.45) is 0 Å². The predicted molar refractivity (Wildman–Crippen MR) is 61.6 cm³/mol. The predicted octanol–water partition coefficient (Wildman–Crippen LogP) is 2.01. The van der Waals surface area contributed by atoms with Crippen LogP contribution in [0, 0.1) is 0 Å². The summed E-state index contributed by atoms with van der Waals surface area (Å²) in [6, 6.07) is 3.48. The van der Waals surface area contributed by atoms with Gasteiger partial charge in [0.05, 0.1) is 0 Å². The van der Waals surface area contributed by atoms with Crippen molar-refractivity contribution < 1.29 is 10.2 Å². The molecule has 0 atom stereocenters. The van der Waals surface area contributed by atoms with E-state index in [4.69, 9.17) is 0 Å². The highest BCUT2D eigenvalue weighted by Gasteiger charge is 2.39. The van der Waals surface area contributed by atoms with Crippen molar-refractivity contribution in [3.05, 3.63) is 23.3 Å². The number of aromatic hydroxyl groups is 2. The van der Waals surface area contributed by atoms with E-state index in [1.54, 1.807) is 12.1 Å². The third-order valence-electron chi connectivity index (χ3n) is 4.11. The van der Waals surface area contributed by atoms with Crippen LogP contribution in [0.4, 0.5) is 0 Å². The van der Waals surface area contributed by atoms with E-state index in [1.165, 1.54) is 31.2 Å². The number of hydrogen-bond donors (Lipinski definition) is 3. The van der Waals surface area contributed by atoms with Gasteiger partial charge in [-0.05, 0) is 36.1 Å². The first-order chi connectivity index (χ1) is 7.71. The van der Waals surface area contributed by atoms with Gasteiger partial charge in [0.15, 0.2) is 11.5 Å². The fourth-order valence-electron chi connectivity index (χ4n) is 3.29. The molecule has 1 aliphatic heterocycles. The second-order valence-electron chi connectivity index (χ2n) is 5.09. The molecule has 2 aliphatic rings. The molecule has 3 nitrogen and oxygen atoms in total. The van der Waals surface area contributed by atoms with Gasteiger partial charge in [-0.15, -0.1) is 0 Å². The van der Waals surface area contributed by atoms with E-state index in [0.29, 0.717) is 0 Å². The summed E-state index contributed by atoms with van der Waals surface area (Å²) in [5.41, 5.74) is 2.60. The molecule has 0 saturated heterocycles. The number of benzene rings is 1. The largest absolute Gasteiger partial charge is 0.504 e. The topological polar surface area (TPSA) is 52.5 Å². The number of rotatable bonds is 0. The number of fused-ring (bicyclic) bond motifs is 2. The van der Waals surface area contributed by atoms with Gasteiger partial charge in [0, 0.05) is 18.5 Å². The van der Waals surface area contributed by atoms with Gasteiger partial charge in [-0.3, -0.25) is 0 Å². The van der Waals surface area contributed by atoms with E-state index < -0.39 is 0 Å². The lowest BCUT2D eigenvalue weighted by atomic mass is 9.74. The van der Waals surface area contributed by atoms with Crippen molar-refractivity contribution in [3.63, 3.8) is 0 Å². The molecule has 1 heterocycles. The number of hydrogen-bond acceptors (Lipinski definition) is 3. The summed E-state index contributed by atoms with van der Waals surface area (Å²) in [7, 11) is 0. The zero-order valence-electron chi connectivity index (χ0n) is 9.29. The van der Waals surface area contributed by atoms with E-state index >= 15 is 0 Å². The molecule has 1 aromatic carbocycles. The van der Waals surface area contributed by atoms with E-state index in [2.05, 4.69) is 5.32 Å². The van der Waals surface area contributed by atoms with Crippen LogP contribution in [0.2, 0.25) is 0 Å². The molecule has 1 aromatic rings. The summed E-state index contributed by atoms with van der Waals surface area (Å²) in [5, 5.41) is 22.6. The van der Waals surface area contributed by atoms with Crippen molar-refractivity contribution in [1.29, 1.82) is 0 Å². The molecule has 1 saturated carbocycles. The maximum absolute atomic E-state index is 9.65. The monoisotopic (exact) mass is 219 g/mol. The van der Waals surface area contributed by atoms with Crippen LogP contribution in [0.1, 0.15) is 36.8 Å². The molecule has 0 radical (unpaired) electrons. The first-order valence-corrected chi connectivity index (χ1v) is 5.97. The summed E-state index contributed by atoms with van der Waals surface area (Å²) in [6.45, 7) is 1.80. The van der Waals surface area contributed by atoms with Crippen LogP contribution >= 0.6 is 0 Å². The van der Waals surface area contributed by atoms with Gasteiger partial charge >= 0.3 is 0 Å². The van der Waals surface area contributed by atoms with Crippen LogP contribution in [0.15, 0.2) is 12.1 Å². The lowest BCUT2D eigenvalue weighted by Crippen LogP contribution is -2.41. The highest BCUT2D eigenvalue weighted by atomic mass is 16.3. The van der Waals surface area contributed by atoms with E-state index in [9.17, 15) is 10.2 Å². The van der Waals surface area contributed by atoms with Gasteiger partial charge in [-0.1, -0.05) is 12.8 Å². The molecule has 0 aromatic heterocycles. The maximum Gasteiger partial charge on any atom is 0.157 e. The van der Waals surface area contributed by atoms with E-state index in [1.807, 2.05) is 0 Å². The minimum atomic E-state index is -0.00408. The Bertz CT molecular complexity index is 422. The SMILES string of the molecule is Oc1cc2c(cc1O)C1(CCCC1)CNC2. The highest BCUT2D eigenvalue weighted by molar-refractivity contribution is 5.50. The fourth-order valence-corrected chi connectivity index (χ4v) is 3.29. The van der Waals surface area contributed by atoms with Gasteiger partial charge < -0.3 is 15.5 Å². The zero-order chi connectivity index (χ0) is 11.2. The fraction of sp³-hybridized carbons (Fsp3) is 0.538. The van der Waals surface area contributed by atoms with Crippen LogP contribution in [-0.4, -0.2) is 16.8 Å². The first-order valence-electron chi connectivity index (χ1n) is 5.97. The quantitative estimate of drug-likeness (QED) is 0.585. The number of nitrogens with one attached hydrogen (secondary N) is 1. The van der Waals surface area contributed by atoms with E-state index in [-0.39, 0.29) is 16.9 Å². The van der Waals surface area contributed by atoms with Crippen LogP contribution in [0.5, 0.6) is 11.5 Å². The Morgan fingerprint density at radius 2 is 1.75 bits per heavy atom. The second-order valence-corrected chi connectivity index (χ2v) is 5.09. The van der Waals surface area contributed by atoms with Crippen molar-refractivity contribution >= 4 is 0 Å². The highest BCUT2D eigenvalue weighted by Crippen LogP contribution is 2.46. The van der Waals surface area contributed by atoms with Crippen molar-refractivity contribution in [2.75, 3.05) is 6.54 Å². The van der Waals surface area contributed by atoms with Gasteiger partial charge in [-0.25, -0.2) is 0 Å². The Kier molecular flexibility index (Phi) is 2.11. The summed E-state index contributed by atoms with van der Waals surface area (Å²) >= 11 is 0. The zero-order valence-corrected chi connectivity index (χ0v) is 9.29. The Balaban J connectivity index is 2.14. The molecular formula is C13H17NO2. The third kappa shape index (κ3) is 1.31. The third-order valence-corrected chi connectivity index (χ3v) is 4.11. The van der Waals surface area contributed by atoms with Crippen molar-refractivity contribution in [3.8, 4) is 11.5 Å². The molecule has 0 amide bonds. The second kappa shape index (κ2) is 3.39. The lowest BCUT2D eigenvalue weighted by Gasteiger charge is -2.36. The van der Waals surface area contributed by atoms with Gasteiger partial charge in [-0.2, -0.15) is 0 Å². The molecule has 0 bridgehead atoms. The Hall–Kier alpha value is -1.22. The summed E-state index contributed by atoms with van der Waals surface area (Å²) in [6.07, 6.45) is 4.92. The molecule has 86 valence electrons. The van der Waals surface area contributed by atoms with Gasteiger partial charge in [0.2, 0.25) is 0 Å². The average molecular weight is 219 g/mol. The van der Waals surface area contributed by atoms with Crippen molar-refractivity contribution in [1.82, 2.24) is 5.32 Å². The number of phenols is 2. The molecule has 1 aliphatic carbocycles. The van der Waals surface area contributed by atoms with E-state index in [0.717, 1.165) is 18.7 Å². The molecule has 3 N–H and O–H groups in total. The van der Waals surface area contributed by atoms with Crippen LogP contribution in [0.3, 0.4) is 0 Å². The minimum absolute atomic E-state index is 0.00408.